The summed E-state index contributed by atoms with van der Waals surface area (Å²) < 4.78 is 15.6. The first kappa shape index (κ1) is 7.73. The lowest BCUT2D eigenvalue weighted by molar-refractivity contribution is 0.633. The van der Waals surface area contributed by atoms with Crippen LogP contribution in [0.3, 0.4) is 0 Å². The Bertz CT molecular complexity index is 436. The Kier molecular flexibility index (Phi) is 1.65. The van der Waals surface area contributed by atoms with Gasteiger partial charge in [0.05, 0.1) is 5.39 Å². The summed E-state index contributed by atoms with van der Waals surface area (Å²) in [7, 11) is 1.77. The number of aromatic nitrogens is 2. The minimum atomic E-state index is -0.243. The van der Waals surface area contributed by atoms with Gasteiger partial charge in [-0.05, 0) is 22.0 Å². The maximum absolute atomic E-state index is 13.2. The van der Waals surface area contributed by atoms with Gasteiger partial charge in [0.1, 0.15) is 5.65 Å². The number of rotatable bonds is 0. The van der Waals surface area contributed by atoms with Crippen molar-refractivity contribution >= 4 is 27.0 Å². The van der Waals surface area contributed by atoms with E-state index in [0.29, 0.717) is 11.0 Å². The lowest BCUT2D eigenvalue weighted by atomic mass is 10.3. The number of halogens is 2. The van der Waals surface area contributed by atoms with Gasteiger partial charge in [0.25, 0.3) is 0 Å². The molecule has 0 fully saturated rings. The predicted octanol–water partition coefficient (Wildman–Crippen LogP) is 2.47. The minimum Gasteiger partial charge on any atom is -0.333 e. The smallest absolute Gasteiger partial charge is 0.151 e. The van der Waals surface area contributed by atoms with Gasteiger partial charge in [-0.2, -0.15) is 0 Å². The molecule has 2 nitrogen and oxygen atoms in total. The molecule has 4 heteroatoms. The van der Waals surface area contributed by atoms with E-state index in [0.717, 1.165) is 4.47 Å². The van der Waals surface area contributed by atoms with Crippen LogP contribution in [0.1, 0.15) is 0 Å². The van der Waals surface area contributed by atoms with Gasteiger partial charge in [-0.25, -0.2) is 9.37 Å². The molecule has 0 saturated carbocycles. The molecular weight excluding hydrogens is 223 g/mol. The van der Waals surface area contributed by atoms with E-state index in [2.05, 4.69) is 20.9 Å². The van der Waals surface area contributed by atoms with Crippen LogP contribution in [0.15, 0.2) is 22.9 Å². The summed E-state index contributed by atoms with van der Waals surface area (Å²) in [6.07, 6.45) is 3.06. The van der Waals surface area contributed by atoms with Gasteiger partial charge in [0, 0.05) is 23.9 Å². The molecule has 0 aliphatic carbocycles. The fraction of sp³-hybridized carbons (Fsp3) is 0.125. The van der Waals surface area contributed by atoms with Crippen molar-refractivity contribution < 1.29 is 4.39 Å². The topological polar surface area (TPSA) is 17.8 Å². The predicted molar refractivity (Wildman–Crippen MR) is 48.4 cm³/mol. The van der Waals surface area contributed by atoms with E-state index >= 15 is 0 Å². The van der Waals surface area contributed by atoms with Gasteiger partial charge in [0.2, 0.25) is 0 Å². The van der Waals surface area contributed by atoms with Crippen molar-refractivity contribution in [1.82, 2.24) is 9.55 Å². The lowest BCUT2D eigenvalue weighted by Gasteiger charge is -1.94. The molecule has 62 valence electrons. The average Bonchev–Trinajstić information content (AvgIpc) is 2.29. The number of nitrogens with zero attached hydrogens (tertiary/aromatic N) is 2. The van der Waals surface area contributed by atoms with E-state index in [1.54, 1.807) is 23.9 Å². The second-order valence-electron chi connectivity index (χ2n) is 2.58. The molecule has 12 heavy (non-hydrogen) atoms. The van der Waals surface area contributed by atoms with Gasteiger partial charge in [0.15, 0.2) is 5.82 Å². The summed E-state index contributed by atoms with van der Waals surface area (Å²) in [6.45, 7) is 0. The molecule has 0 atom stereocenters. The van der Waals surface area contributed by atoms with Crippen LogP contribution >= 0.6 is 15.9 Å². The Morgan fingerprint density at radius 1 is 1.58 bits per heavy atom. The zero-order valence-corrected chi connectivity index (χ0v) is 7.97. The summed E-state index contributed by atoms with van der Waals surface area (Å²) in [5.74, 6) is -0.243. The molecule has 0 bridgehead atoms. The zero-order valence-electron chi connectivity index (χ0n) is 6.38. The molecule has 0 unspecified atom stereocenters. The zero-order chi connectivity index (χ0) is 8.72. The Balaban J connectivity index is 2.99. The molecule has 0 spiro atoms. The molecule has 0 radical (unpaired) electrons. The van der Waals surface area contributed by atoms with Crippen molar-refractivity contribution in [2.45, 2.75) is 0 Å². The Hall–Kier alpha value is -0.900. The van der Waals surface area contributed by atoms with E-state index in [-0.39, 0.29) is 5.82 Å². The van der Waals surface area contributed by atoms with Crippen molar-refractivity contribution in [3.8, 4) is 0 Å². The van der Waals surface area contributed by atoms with Crippen LogP contribution in [-0.4, -0.2) is 9.55 Å². The van der Waals surface area contributed by atoms with Gasteiger partial charge in [-0.1, -0.05) is 0 Å². The van der Waals surface area contributed by atoms with Crippen molar-refractivity contribution in [1.29, 1.82) is 0 Å². The number of hydrogen-bond acceptors (Lipinski definition) is 1. The van der Waals surface area contributed by atoms with Crippen molar-refractivity contribution in [3.63, 3.8) is 0 Å². The van der Waals surface area contributed by atoms with Crippen LogP contribution in [0, 0.1) is 5.82 Å². The highest BCUT2D eigenvalue weighted by atomic mass is 79.9. The minimum absolute atomic E-state index is 0.243. The first-order chi connectivity index (χ1) is 5.70. The third-order valence-electron chi connectivity index (χ3n) is 1.76. The van der Waals surface area contributed by atoms with Crippen molar-refractivity contribution in [2.75, 3.05) is 0 Å². The molecule has 0 saturated heterocycles. The fourth-order valence-corrected chi connectivity index (χ4v) is 1.70. The third kappa shape index (κ3) is 0.948. The van der Waals surface area contributed by atoms with Crippen molar-refractivity contribution in [2.24, 2.45) is 7.05 Å². The molecule has 2 heterocycles. The largest absolute Gasteiger partial charge is 0.333 e. The molecular formula is C8H6BrFN2. The van der Waals surface area contributed by atoms with Crippen LogP contribution in [0.25, 0.3) is 11.0 Å². The first-order valence-electron chi connectivity index (χ1n) is 3.45. The van der Waals surface area contributed by atoms with Gasteiger partial charge < -0.3 is 4.57 Å². The quantitative estimate of drug-likeness (QED) is 0.678. The highest BCUT2D eigenvalue weighted by molar-refractivity contribution is 9.10. The molecule has 2 aromatic rings. The number of fused-ring (bicyclic) bond motifs is 1. The molecule has 0 amide bonds. The molecule has 0 N–H and O–H groups in total. The van der Waals surface area contributed by atoms with E-state index < -0.39 is 0 Å². The summed E-state index contributed by atoms with van der Waals surface area (Å²) in [5, 5.41) is 0.542. The molecule has 2 aromatic heterocycles. The summed E-state index contributed by atoms with van der Waals surface area (Å²) in [6, 6.07) is 1.73. The highest BCUT2D eigenvalue weighted by Gasteiger charge is 2.09. The summed E-state index contributed by atoms with van der Waals surface area (Å²) in [4.78, 5) is 4.06. The fourth-order valence-electron chi connectivity index (χ4n) is 1.21. The van der Waals surface area contributed by atoms with E-state index in [4.69, 9.17) is 0 Å². The third-order valence-corrected chi connectivity index (χ3v) is 2.42. The second kappa shape index (κ2) is 2.55. The monoisotopic (exact) mass is 228 g/mol. The number of hydrogen-bond donors (Lipinski definition) is 0. The van der Waals surface area contributed by atoms with Crippen LogP contribution < -0.4 is 0 Å². The van der Waals surface area contributed by atoms with Crippen molar-refractivity contribution in [3.05, 3.63) is 28.7 Å². The van der Waals surface area contributed by atoms with E-state index in [9.17, 15) is 4.39 Å². The Morgan fingerprint density at radius 3 is 3.00 bits per heavy atom. The molecule has 0 aliphatic rings. The molecule has 2 rings (SSSR count). The van der Waals surface area contributed by atoms with Crippen LogP contribution in [-0.2, 0) is 7.05 Å². The maximum Gasteiger partial charge on any atom is 0.151 e. The number of pyridine rings is 1. The van der Waals surface area contributed by atoms with Crippen LogP contribution in [0.2, 0.25) is 0 Å². The summed E-state index contributed by atoms with van der Waals surface area (Å²) in [5.41, 5.74) is 0.655. The Labute approximate surface area is 77.1 Å². The lowest BCUT2D eigenvalue weighted by Crippen LogP contribution is -1.86. The Morgan fingerprint density at radius 2 is 2.33 bits per heavy atom. The van der Waals surface area contributed by atoms with Gasteiger partial charge >= 0.3 is 0 Å². The average molecular weight is 229 g/mol. The van der Waals surface area contributed by atoms with Gasteiger partial charge in [-0.15, -0.1) is 0 Å². The summed E-state index contributed by atoms with van der Waals surface area (Å²) >= 11 is 3.27. The first-order valence-corrected chi connectivity index (χ1v) is 4.24. The molecule has 0 aromatic carbocycles. The van der Waals surface area contributed by atoms with Gasteiger partial charge in [-0.3, -0.25) is 0 Å². The normalized spacial score (nSPS) is 10.9. The van der Waals surface area contributed by atoms with E-state index in [1.165, 1.54) is 6.20 Å². The molecule has 0 aliphatic heterocycles. The van der Waals surface area contributed by atoms with Crippen LogP contribution in [0.4, 0.5) is 4.39 Å². The van der Waals surface area contributed by atoms with E-state index in [1.807, 2.05) is 0 Å². The standard InChI is InChI=1S/C8H6BrFN2/c1-12-4-6(10)7-5(9)2-3-11-8(7)12/h2-4H,1H3. The maximum atomic E-state index is 13.2. The van der Waals surface area contributed by atoms with Crippen LogP contribution in [0.5, 0.6) is 0 Å². The highest BCUT2D eigenvalue weighted by Crippen LogP contribution is 2.25. The SMILES string of the molecule is Cn1cc(F)c2c(Br)ccnc21. The second-order valence-corrected chi connectivity index (χ2v) is 3.43. The number of aryl methyl sites for hydroxylation is 1.